The first-order valence-corrected chi connectivity index (χ1v) is 10.0. The maximum atomic E-state index is 12.9. The highest BCUT2D eigenvalue weighted by Gasteiger charge is 2.42. The van der Waals surface area contributed by atoms with Crippen molar-refractivity contribution in [3.63, 3.8) is 0 Å². The molecule has 2 N–H and O–H groups in total. The van der Waals surface area contributed by atoms with Gasteiger partial charge in [-0.2, -0.15) is 13.2 Å². The Hall–Kier alpha value is -2.06. The van der Waals surface area contributed by atoms with Crippen LogP contribution in [-0.4, -0.2) is 24.0 Å². The van der Waals surface area contributed by atoms with Crippen molar-refractivity contribution < 1.29 is 22.8 Å². The van der Waals surface area contributed by atoms with E-state index in [0.29, 0.717) is 17.7 Å². The molecule has 0 spiro atoms. The molecule has 0 bridgehead atoms. The van der Waals surface area contributed by atoms with Gasteiger partial charge in [0.1, 0.15) is 0 Å². The second-order valence-corrected chi connectivity index (χ2v) is 8.06. The molecule has 0 aliphatic heterocycles. The molecular formula is C19H18ClF3N2O2S. The van der Waals surface area contributed by atoms with Crippen molar-refractivity contribution in [1.82, 2.24) is 5.32 Å². The first-order chi connectivity index (χ1) is 13.2. The van der Waals surface area contributed by atoms with Crippen LogP contribution in [0.15, 0.2) is 35.7 Å². The Balaban J connectivity index is 1.68. The minimum absolute atomic E-state index is 0.0930. The molecule has 2 amide bonds. The molecule has 3 rings (SSSR count). The van der Waals surface area contributed by atoms with E-state index in [1.807, 2.05) is 0 Å². The van der Waals surface area contributed by atoms with Crippen molar-refractivity contribution in [2.75, 3.05) is 5.32 Å². The minimum atomic E-state index is -4.25. The van der Waals surface area contributed by atoms with Crippen LogP contribution >= 0.6 is 22.9 Å². The SMILES string of the molecule is O=C(NC1CCCC(C(F)(F)F)C1)c1ccc(Cl)c(NC(=O)c2cccs2)c1. The summed E-state index contributed by atoms with van der Waals surface area (Å²) in [6.45, 7) is 0. The highest BCUT2D eigenvalue weighted by atomic mass is 35.5. The number of carbonyl (C=O) groups is 2. The highest BCUT2D eigenvalue weighted by Crippen LogP contribution is 2.37. The predicted molar refractivity (Wildman–Crippen MR) is 103 cm³/mol. The molecule has 2 aromatic rings. The van der Waals surface area contributed by atoms with E-state index in [2.05, 4.69) is 10.6 Å². The lowest BCUT2D eigenvalue weighted by atomic mass is 9.85. The molecule has 1 aliphatic rings. The molecule has 1 aromatic carbocycles. The Kier molecular flexibility index (Phi) is 6.30. The Labute approximate surface area is 169 Å². The van der Waals surface area contributed by atoms with Gasteiger partial charge in [-0.3, -0.25) is 9.59 Å². The van der Waals surface area contributed by atoms with E-state index in [0.717, 1.165) is 0 Å². The summed E-state index contributed by atoms with van der Waals surface area (Å²) >= 11 is 7.37. The van der Waals surface area contributed by atoms with Crippen LogP contribution in [0, 0.1) is 5.92 Å². The Morgan fingerprint density at radius 1 is 1.14 bits per heavy atom. The lowest BCUT2D eigenvalue weighted by Crippen LogP contribution is -2.41. The van der Waals surface area contributed by atoms with Crippen molar-refractivity contribution in [1.29, 1.82) is 0 Å². The molecule has 1 aliphatic carbocycles. The lowest BCUT2D eigenvalue weighted by molar-refractivity contribution is -0.183. The first kappa shape index (κ1) is 20.7. The van der Waals surface area contributed by atoms with Gasteiger partial charge in [0, 0.05) is 11.6 Å². The van der Waals surface area contributed by atoms with Gasteiger partial charge < -0.3 is 10.6 Å². The van der Waals surface area contributed by atoms with Gasteiger partial charge in [0.25, 0.3) is 11.8 Å². The van der Waals surface area contributed by atoms with Crippen LogP contribution in [0.25, 0.3) is 0 Å². The number of alkyl halides is 3. The number of anilines is 1. The third-order valence-electron chi connectivity index (χ3n) is 4.69. The third kappa shape index (κ3) is 5.05. The van der Waals surface area contributed by atoms with Crippen molar-refractivity contribution in [2.24, 2.45) is 5.92 Å². The second-order valence-electron chi connectivity index (χ2n) is 6.70. The van der Waals surface area contributed by atoms with Crippen LogP contribution < -0.4 is 10.6 Å². The van der Waals surface area contributed by atoms with Gasteiger partial charge in [0.05, 0.1) is 21.5 Å². The largest absolute Gasteiger partial charge is 0.391 e. The molecule has 2 unspecified atom stereocenters. The zero-order valence-corrected chi connectivity index (χ0v) is 16.3. The first-order valence-electron chi connectivity index (χ1n) is 8.76. The third-order valence-corrected chi connectivity index (χ3v) is 5.89. The molecule has 4 nitrogen and oxygen atoms in total. The molecule has 0 saturated heterocycles. The summed E-state index contributed by atoms with van der Waals surface area (Å²) in [6, 6.07) is 7.23. The van der Waals surface area contributed by atoms with Gasteiger partial charge in [-0.05, 0) is 48.9 Å². The number of amides is 2. The van der Waals surface area contributed by atoms with Crippen molar-refractivity contribution in [2.45, 2.75) is 37.9 Å². The Morgan fingerprint density at radius 2 is 1.93 bits per heavy atom. The summed E-state index contributed by atoms with van der Waals surface area (Å²) < 4.78 is 38.8. The summed E-state index contributed by atoms with van der Waals surface area (Å²) in [7, 11) is 0. The van der Waals surface area contributed by atoms with Crippen molar-refractivity contribution in [3.8, 4) is 0 Å². The fourth-order valence-electron chi connectivity index (χ4n) is 3.24. The van der Waals surface area contributed by atoms with E-state index in [9.17, 15) is 22.8 Å². The van der Waals surface area contributed by atoms with E-state index in [4.69, 9.17) is 11.6 Å². The van der Waals surface area contributed by atoms with Crippen LogP contribution in [0.2, 0.25) is 5.02 Å². The summed E-state index contributed by atoms with van der Waals surface area (Å²) in [5.74, 6) is -2.23. The molecule has 1 heterocycles. The van der Waals surface area contributed by atoms with Gasteiger partial charge in [0.2, 0.25) is 0 Å². The number of benzene rings is 1. The average Bonchev–Trinajstić information content (AvgIpc) is 3.18. The highest BCUT2D eigenvalue weighted by molar-refractivity contribution is 7.12. The van der Waals surface area contributed by atoms with Crippen molar-refractivity contribution in [3.05, 3.63) is 51.2 Å². The van der Waals surface area contributed by atoms with Gasteiger partial charge in [0.15, 0.2) is 0 Å². The molecule has 2 atom stereocenters. The topological polar surface area (TPSA) is 58.2 Å². The second kappa shape index (κ2) is 8.53. The van der Waals surface area contributed by atoms with E-state index in [1.165, 1.54) is 29.5 Å². The monoisotopic (exact) mass is 430 g/mol. The number of halogens is 4. The molecule has 1 aromatic heterocycles. The van der Waals surface area contributed by atoms with Crippen LogP contribution in [0.3, 0.4) is 0 Å². The number of hydrogen-bond acceptors (Lipinski definition) is 3. The summed E-state index contributed by atoms with van der Waals surface area (Å²) in [5, 5.41) is 7.34. The van der Waals surface area contributed by atoms with Crippen LogP contribution in [0.4, 0.5) is 18.9 Å². The van der Waals surface area contributed by atoms with Gasteiger partial charge >= 0.3 is 6.18 Å². The predicted octanol–water partition coefficient (Wildman–Crippen LogP) is 5.50. The molecule has 1 fully saturated rings. The Bertz CT molecular complexity index is 855. The molecule has 28 heavy (non-hydrogen) atoms. The number of thiophene rings is 1. The minimum Gasteiger partial charge on any atom is -0.349 e. The van der Waals surface area contributed by atoms with Crippen LogP contribution in [0.1, 0.15) is 45.7 Å². The fourth-order valence-corrected chi connectivity index (χ4v) is 4.02. The molecule has 150 valence electrons. The number of carbonyl (C=O) groups excluding carboxylic acids is 2. The molecular weight excluding hydrogens is 413 g/mol. The number of rotatable bonds is 4. The average molecular weight is 431 g/mol. The maximum Gasteiger partial charge on any atom is 0.391 e. The standard InChI is InChI=1S/C19H18ClF3N2O2S/c20-14-7-6-11(9-15(14)25-18(27)16-5-2-8-28-16)17(26)24-13-4-1-3-12(10-13)19(21,22)23/h2,5-9,12-13H,1,3-4,10H2,(H,24,26)(H,25,27). The number of hydrogen-bond donors (Lipinski definition) is 2. The smallest absolute Gasteiger partial charge is 0.349 e. The Morgan fingerprint density at radius 3 is 2.61 bits per heavy atom. The van der Waals surface area contributed by atoms with Crippen molar-refractivity contribution >= 4 is 40.4 Å². The van der Waals surface area contributed by atoms with Gasteiger partial charge in [-0.25, -0.2) is 0 Å². The molecule has 1 saturated carbocycles. The summed E-state index contributed by atoms with van der Waals surface area (Å²) in [5.41, 5.74) is 0.490. The van der Waals surface area contributed by atoms with E-state index < -0.39 is 24.0 Å². The lowest BCUT2D eigenvalue weighted by Gasteiger charge is -2.31. The maximum absolute atomic E-state index is 12.9. The normalized spacial score (nSPS) is 19.9. The van der Waals surface area contributed by atoms with E-state index in [1.54, 1.807) is 17.5 Å². The zero-order valence-electron chi connectivity index (χ0n) is 14.7. The quantitative estimate of drug-likeness (QED) is 0.672. The summed E-state index contributed by atoms with van der Waals surface area (Å²) in [4.78, 5) is 25.2. The van der Waals surface area contributed by atoms with Crippen LogP contribution in [-0.2, 0) is 0 Å². The number of nitrogens with one attached hydrogen (secondary N) is 2. The summed E-state index contributed by atoms with van der Waals surface area (Å²) in [6.07, 6.45) is -3.35. The van der Waals surface area contributed by atoms with Gasteiger partial charge in [-0.1, -0.05) is 24.1 Å². The van der Waals surface area contributed by atoms with E-state index in [-0.39, 0.29) is 35.0 Å². The molecule has 9 heteroatoms. The van der Waals surface area contributed by atoms with Crippen LogP contribution in [0.5, 0.6) is 0 Å². The van der Waals surface area contributed by atoms with Gasteiger partial charge in [-0.15, -0.1) is 11.3 Å². The molecule has 0 radical (unpaired) electrons. The zero-order chi connectivity index (χ0) is 20.3. The fraction of sp³-hybridized carbons (Fsp3) is 0.368. The van der Waals surface area contributed by atoms with E-state index >= 15 is 0 Å².